The maximum atomic E-state index is 13.5. The molecule has 8 atom stereocenters. The number of fused-ring (bicyclic) bond motifs is 5. The summed E-state index contributed by atoms with van der Waals surface area (Å²) in [6.45, 7) is 8.97. The summed E-state index contributed by atoms with van der Waals surface area (Å²) in [5.41, 5.74) is -0.308. The van der Waals surface area contributed by atoms with E-state index in [9.17, 15) is 14.4 Å². The van der Waals surface area contributed by atoms with E-state index in [4.69, 9.17) is 0 Å². The summed E-state index contributed by atoms with van der Waals surface area (Å²) in [7, 11) is 0. The minimum Gasteiger partial charge on any atom is -0.300 e. The number of carbonyl (C=O) groups is 3. The largest absolute Gasteiger partial charge is 0.300 e. The van der Waals surface area contributed by atoms with Crippen LogP contribution in [0.3, 0.4) is 0 Å². The van der Waals surface area contributed by atoms with Crippen molar-refractivity contribution >= 4 is 17.3 Å². The van der Waals surface area contributed by atoms with E-state index in [2.05, 4.69) is 27.7 Å². The van der Waals surface area contributed by atoms with Crippen LogP contribution in [0.15, 0.2) is 0 Å². The van der Waals surface area contributed by atoms with Crippen molar-refractivity contribution in [1.82, 2.24) is 0 Å². The number of rotatable bonds is 2. The molecule has 0 spiro atoms. The molecule has 0 radical (unpaired) electrons. The predicted octanol–water partition coefficient (Wildman–Crippen LogP) is 4.62. The fraction of sp³-hybridized carbons (Fsp3) is 0.870. The SMILES string of the molecule is CC[C@@H](C)[C@H]1CC[C@H]2[C@@H]3C(=O)C[C@@H]4CC(=O)CC[C@]4(C)[C@H]3CC(=O)[C@]12C. The molecule has 144 valence electrons. The Bertz CT molecular complexity index is 652. The van der Waals surface area contributed by atoms with Crippen molar-refractivity contribution in [3.05, 3.63) is 0 Å². The Balaban J connectivity index is 1.72. The highest BCUT2D eigenvalue weighted by atomic mass is 16.1. The van der Waals surface area contributed by atoms with Gasteiger partial charge in [-0.3, -0.25) is 14.4 Å². The van der Waals surface area contributed by atoms with Crippen LogP contribution < -0.4 is 0 Å². The van der Waals surface area contributed by atoms with Crippen molar-refractivity contribution in [2.24, 2.45) is 46.3 Å². The fourth-order valence-corrected chi connectivity index (χ4v) is 7.67. The number of hydrogen-bond acceptors (Lipinski definition) is 3. The molecular weight excluding hydrogens is 324 g/mol. The normalized spacial score (nSPS) is 49.4. The van der Waals surface area contributed by atoms with Crippen LogP contribution in [0.25, 0.3) is 0 Å². The van der Waals surface area contributed by atoms with Gasteiger partial charge >= 0.3 is 0 Å². The lowest BCUT2D eigenvalue weighted by Gasteiger charge is -2.58. The smallest absolute Gasteiger partial charge is 0.139 e. The highest BCUT2D eigenvalue weighted by molar-refractivity contribution is 5.93. The van der Waals surface area contributed by atoms with Gasteiger partial charge in [0.05, 0.1) is 0 Å². The standard InChI is InChI=1S/C23H34O3/c1-5-13(2)16-6-7-17-21-18(12-20(26)23(16,17)4)22(3)9-8-15(24)10-14(22)11-19(21)25/h13-14,16-18,21H,5-12H2,1-4H3/t13-,14+,16-,17+,18+,21+,22+,23-/m1/s1. The summed E-state index contributed by atoms with van der Waals surface area (Å²) < 4.78 is 0. The van der Waals surface area contributed by atoms with Crippen LogP contribution in [0.4, 0.5) is 0 Å². The van der Waals surface area contributed by atoms with Crippen molar-refractivity contribution < 1.29 is 14.4 Å². The Morgan fingerprint density at radius 1 is 1.04 bits per heavy atom. The van der Waals surface area contributed by atoms with Gasteiger partial charge in [0.15, 0.2) is 0 Å². The van der Waals surface area contributed by atoms with E-state index >= 15 is 0 Å². The van der Waals surface area contributed by atoms with E-state index in [1.807, 2.05) is 0 Å². The van der Waals surface area contributed by atoms with Gasteiger partial charge < -0.3 is 0 Å². The topological polar surface area (TPSA) is 51.2 Å². The van der Waals surface area contributed by atoms with E-state index in [0.29, 0.717) is 54.9 Å². The van der Waals surface area contributed by atoms with Crippen LogP contribution in [0, 0.1) is 46.3 Å². The summed E-state index contributed by atoms with van der Waals surface area (Å²) in [4.78, 5) is 38.7. The predicted molar refractivity (Wildman–Crippen MR) is 100 cm³/mol. The molecule has 4 aliphatic carbocycles. The molecular formula is C23H34O3. The molecule has 3 nitrogen and oxygen atoms in total. The lowest BCUT2D eigenvalue weighted by Crippen LogP contribution is -2.60. The molecule has 0 N–H and O–H groups in total. The van der Waals surface area contributed by atoms with Gasteiger partial charge in [0, 0.05) is 37.0 Å². The van der Waals surface area contributed by atoms with Gasteiger partial charge in [-0.2, -0.15) is 0 Å². The summed E-state index contributed by atoms with van der Waals surface area (Å²) >= 11 is 0. The first-order chi connectivity index (χ1) is 12.2. The van der Waals surface area contributed by atoms with Crippen molar-refractivity contribution in [2.45, 2.75) is 79.1 Å². The molecule has 4 aliphatic rings. The summed E-state index contributed by atoms with van der Waals surface area (Å²) in [5, 5.41) is 0. The third-order valence-corrected chi connectivity index (χ3v) is 9.55. The average Bonchev–Trinajstić information content (AvgIpc) is 2.95. The van der Waals surface area contributed by atoms with Crippen molar-refractivity contribution in [1.29, 1.82) is 0 Å². The second-order valence-electron chi connectivity index (χ2n) is 10.3. The summed E-state index contributed by atoms with van der Waals surface area (Å²) in [5.74, 6) is 2.68. The lowest BCUT2D eigenvalue weighted by atomic mass is 9.44. The van der Waals surface area contributed by atoms with Crippen LogP contribution >= 0.6 is 0 Å². The second-order valence-corrected chi connectivity index (χ2v) is 10.3. The molecule has 0 amide bonds. The molecule has 3 heteroatoms. The quantitative estimate of drug-likeness (QED) is 0.724. The fourth-order valence-electron chi connectivity index (χ4n) is 7.67. The van der Waals surface area contributed by atoms with E-state index in [1.54, 1.807) is 0 Å². The number of hydrogen-bond donors (Lipinski definition) is 0. The van der Waals surface area contributed by atoms with Gasteiger partial charge in [-0.1, -0.05) is 34.1 Å². The maximum Gasteiger partial charge on any atom is 0.139 e. The highest BCUT2D eigenvalue weighted by Crippen LogP contribution is 2.66. The zero-order valence-corrected chi connectivity index (χ0v) is 16.8. The molecule has 0 heterocycles. The number of ketones is 3. The number of Topliss-reactive ketones (excluding diaryl/α,β-unsaturated/α-hetero) is 3. The Labute approximate surface area is 157 Å². The molecule has 0 aromatic rings. The molecule has 4 rings (SSSR count). The lowest BCUT2D eigenvalue weighted by molar-refractivity contribution is -0.166. The van der Waals surface area contributed by atoms with Gasteiger partial charge in [-0.25, -0.2) is 0 Å². The molecule has 0 unspecified atom stereocenters. The molecule has 0 saturated heterocycles. The zero-order chi connectivity index (χ0) is 18.9. The average molecular weight is 359 g/mol. The highest BCUT2D eigenvalue weighted by Gasteiger charge is 2.66. The third kappa shape index (κ3) is 2.27. The Hall–Kier alpha value is -0.990. The molecule has 0 aromatic carbocycles. The second kappa shape index (κ2) is 6.01. The number of carbonyl (C=O) groups excluding carboxylic acids is 3. The summed E-state index contributed by atoms with van der Waals surface area (Å²) in [6, 6.07) is 0. The van der Waals surface area contributed by atoms with Crippen LogP contribution in [-0.2, 0) is 14.4 Å². The van der Waals surface area contributed by atoms with E-state index in [0.717, 1.165) is 25.7 Å². The third-order valence-electron chi connectivity index (χ3n) is 9.55. The van der Waals surface area contributed by atoms with Gasteiger partial charge in [-0.05, 0) is 54.3 Å². The molecule has 26 heavy (non-hydrogen) atoms. The van der Waals surface area contributed by atoms with Crippen molar-refractivity contribution in [2.75, 3.05) is 0 Å². The molecule has 0 bridgehead atoms. The maximum absolute atomic E-state index is 13.5. The van der Waals surface area contributed by atoms with E-state index < -0.39 is 0 Å². The van der Waals surface area contributed by atoms with Crippen LogP contribution in [0.1, 0.15) is 79.1 Å². The monoisotopic (exact) mass is 358 g/mol. The molecule has 0 aromatic heterocycles. The van der Waals surface area contributed by atoms with Crippen LogP contribution in [-0.4, -0.2) is 17.3 Å². The van der Waals surface area contributed by atoms with Gasteiger partial charge in [-0.15, -0.1) is 0 Å². The Morgan fingerprint density at radius 3 is 2.46 bits per heavy atom. The Morgan fingerprint density at radius 2 is 1.77 bits per heavy atom. The van der Waals surface area contributed by atoms with E-state index in [1.165, 1.54) is 0 Å². The first-order valence-electron chi connectivity index (χ1n) is 10.8. The van der Waals surface area contributed by atoms with E-state index in [-0.39, 0.29) is 34.5 Å². The summed E-state index contributed by atoms with van der Waals surface area (Å²) in [6.07, 6.45) is 6.42. The Kier molecular flexibility index (Phi) is 4.24. The first-order valence-corrected chi connectivity index (χ1v) is 10.8. The van der Waals surface area contributed by atoms with Crippen LogP contribution in [0.5, 0.6) is 0 Å². The van der Waals surface area contributed by atoms with Gasteiger partial charge in [0.2, 0.25) is 0 Å². The first kappa shape index (κ1) is 18.4. The van der Waals surface area contributed by atoms with Gasteiger partial charge in [0.1, 0.15) is 17.3 Å². The molecule has 0 aliphatic heterocycles. The van der Waals surface area contributed by atoms with Crippen molar-refractivity contribution in [3.8, 4) is 0 Å². The minimum absolute atomic E-state index is 0.00205. The zero-order valence-electron chi connectivity index (χ0n) is 16.8. The van der Waals surface area contributed by atoms with Crippen LogP contribution in [0.2, 0.25) is 0 Å². The minimum atomic E-state index is -0.306. The van der Waals surface area contributed by atoms with Gasteiger partial charge in [0.25, 0.3) is 0 Å². The molecule has 4 fully saturated rings. The van der Waals surface area contributed by atoms with Crippen molar-refractivity contribution in [3.63, 3.8) is 0 Å². The molecule has 4 saturated carbocycles.